The molecule has 0 radical (unpaired) electrons. The van der Waals surface area contributed by atoms with E-state index in [1.165, 1.54) is 5.56 Å². The van der Waals surface area contributed by atoms with E-state index in [0.29, 0.717) is 0 Å². The van der Waals surface area contributed by atoms with Crippen LogP contribution in [0, 0.1) is 18.8 Å². The summed E-state index contributed by atoms with van der Waals surface area (Å²) in [6.07, 6.45) is 2.65. The molecule has 0 fully saturated rings. The lowest BCUT2D eigenvalue weighted by molar-refractivity contribution is 0.604. The molecule has 1 aromatic heterocycles. The van der Waals surface area contributed by atoms with E-state index in [1.54, 1.807) is 0 Å². The summed E-state index contributed by atoms with van der Waals surface area (Å²) in [5.74, 6) is 6.00. The Morgan fingerprint density at radius 2 is 2.36 bits per heavy atom. The lowest BCUT2D eigenvalue weighted by Gasteiger charge is -2.15. The van der Waals surface area contributed by atoms with Gasteiger partial charge in [-0.2, -0.15) is 0 Å². The molecule has 0 bridgehead atoms. The van der Waals surface area contributed by atoms with Gasteiger partial charge in [0.1, 0.15) is 0 Å². The van der Waals surface area contributed by atoms with Gasteiger partial charge in [0.2, 0.25) is 0 Å². The first-order valence-corrected chi connectivity index (χ1v) is 4.78. The van der Waals surface area contributed by atoms with E-state index in [4.69, 9.17) is 0 Å². The molecule has 1 atom stereocenters. The first kappa shape index (κ1) is 10.7. The summed E-state index contributed by atoms with van der Waals surface area (Å²) in [6, 6.07) is 4.35. The molecule has 1 N–H and O–H groups in total. The molecule has 0 aromatic carbocycles. The smallest absolute Gasteiger partial charge is 0.0446 e. The minimum atomic E-state index is 0.288. The Morgan fingerprint density at radius 1 is 1.57 bits per heavy atom. The lowest BCUT2D eigenvalue weighted by atomic mass is 10.0. The van der Waals surface area contributed by atoms with Gasteiger partial charge in [-0.1, -0.05) is 6.07 Å². The molecule has 0 amide bonds. The molecule has 1 heterocycles. The van der Waals surface area contributed by atoms with E-state index >= 15 is 0 Å². The molecular weight excluding hydrogens is 172 g/mol. The van der Waals surface area contributed by atoms with Crippen molar-refractivity contribution in [2.75, 3.05) is 7.05 Å². The minimum Gasteiger partial charge on any atom is -0.312 e. The number of aryl methyl sites for hydroxylation is 1. The quantitative estimate of drug-likeness (QED) is 0.734. The highest BCUT2D eigenvalue weighted by molar-refractivity contribution is 5.23. The molecule has 74 valence electrons. The summed E-state index contributed by atoms with van der Waals surface area (Å²) in [5.41, 5.74) is 2.31. The Balaban J connectivity index is 2.87. The highest BCUT2D eigenvalue weighted by atomic mass is 14.9. The fourth-order valence-electron chi connectivity index (χ4n) is 1.44. The van der Waals surface area contributed by atoms with Gasteiger partial charge in [0, 0.05) is 24.4 Å². The normalized spacial score (nSPS) is 11.6. The van der Waals surface area contributed by atoms with Crippen molar-refractivity contribution in [2.45, 2.75) is 26.3 Å². The monoisotopic (exact) mass is 188 g/mol. The van der Waals surface area contributed by atoms with Crippen molar-refractivity contribution < 1.29 is 0 Å². The molecule has 1 unspecified atom stereocenters. The second kappa shape index (κ2) is 5.41. The van der Waals surface area contributed by atoms with E-state index < -0.39 is 0 Å². The molecule has 2 heteroatoms. The van der Waals surface area contributed by atoms with Gasteiger partial charge in [0.15, 0.2) is 0 Å². The molecular formula is C12H16N2. The van der Waals surface area contributed by atoms with Crippen LogP contribution in [-0.2, 0) is 0 Å². The van der Waals surface area contributed by atoms with Gasteiger partial charge < -0.3 is 5.32 Å². The van der Waals surface area contributed by atoms with Crippen molar-refractivity contribution in [3.63, 3.8) is 0 Å². The van der Waals surface area contributed by atoms with Crippen molar-refractivity contribution in [3.05, 3.63) is 29.6 Å². The maximum Gasteiger partial charge on any atom is 0.0446 e. The largest absolute Gasteiger partial charge is 0.312 e. The Hall–Kier alpha value is -1.33. The number of hydrogen-bond donors (Lipinski definition) is 1. The summed E-state index contributed by atoms with van der Waals surface area (Å²) in [7, 11) is 1.95. The van der Waals surface area contributed by atoms with Crippen LogP contribution in [0.5, 0.6) is 0 Å². The number of nitrogens with zero attached hydrogens (tertiary/aromatic N) is 1. The third kappa shape index (κ3) is 2.58. The molecule has 0 aliphatic carbocycles. The van der Waals surface area contributed by atoms with Crippen LogP contribution >= 0.6 is 0 Å². The molecule has 0 aliphatic rings. The Bertz CT molecular complexity index is 347. The van der Waals surface area contributed by atoms with Gasteiger partial charge in [0.25, 0.3) is 0 Å². The third-order valence-corrected chi connectivity index (χ3v) is 2.25. The predicted molar refractivity (Wildman–Crippen MR) is 58.8 cm³/mol. The van der Waals surface area contributed by atoms with Crippen molar-refractivity contribution in [2.24, 2.45) is 0 Å². The fourth-order valence-corrected chi connectivity index (χ4v) is 1.44. The summed E-state index contributed by atoms with van der Waals surface area (Å²) in [6.45, 7) is 3.89. The van der Waals surface area contributed by atoms with Crippen molar-refractivity contribution in [3.8, 4) is 11.8 Å². The zero-order chi connectivity index (χ0) is 10.4. The van der Waals surface area contributed by atoms with E-state index in [9.17, 15) is 0 Å². The first-order valence-electron chi connectivity index (χ1n) is 4.78. The molecule has 1 rings (SSSR count). The van der Waals surface area contributed by atoms with Crippen LogP contribution in [0.4, 0.5) is 0 Å². The third-order valence-electron chi connectivity index (χ3n) is 2.25. The number of nitrogens with one attached hydrogen (secondary N) is 1. The van der Waals surface area contributed by atoms with Crippen LogP contribution in [0.15, 0.2) is 18.3 Å². The number of hydrogen-bond acceptors (Lipinski definition) is 2. The zero-order valence-electron chi connectivity index (χ0n) is 8.96. The van der Waals surface area contributed by atoms with Crippen molar-refractivity contribution in [1.82, 2.24) is 10.3 Å². The van der Waals surface area contributed by atoms with E-state index in [1.807, 2.05) is 33.2 Å². The molecule has 0 saturated heterocycles. The van der Waals surface area contributed by atoms with Gasteiger partial charge in [0.05, 0.1) is 0 Å². The summed E-state index contributed by atoms with van der Waals surface area (Å²) < 4.78 is 0. The topological polar surface area (TPSA) is 24.9 Å². The van der Waals surface area contributed by atoms with Gasteiger partial charge in [-0.25, -0.2) is 0 Å². The Kier molecular flexibility index (Phi) is 4.15. The van der Waals surface area contributed by atoms with Crippen LogP contribution in [0.2, 0.25) is 0 Å². The maximum atomic E-state index is 4.27. The average molecular weight is 188 g/mol. The lowest BCUT2D eigenvalue weighted by Crippen LogP contribution is -2.17. The van der Waals surface area contributed by atoms with Gasteiger partial charge in [-0.3, -0.25) is 4.98 Å². The standard InChI is InChI=1S/C12H16N2/c1-4-5-8-12(13-3)11-7-6-9-14-10(11)2/h6-7,9,12-13H,8H2,1-3H3. The van der Waals surface area contributed by atoms with Crippen LogP contribution < -0.4 is 5.32 Å². The van der Waals surface area contributed by atoms with Crippen molar-refractivity contribution in [1.29, 1.82) is 0 Å². The van der Waals surface area contributed by atoms with Gasteiger partial charge >= 0.3 is 0 Å². The molecule has 0 saturated carbocycles. The molecule has 2 nitrogen and oxygen atoms in total. The Morgan fingerprint density at radius 3 is 2.93 bits per heavy atom. The van der Waals surface area contributed by atoms with Crippen molar-refractivity contribution >= 4 is 0 Å². The number of aromatic nitrogens is 1. The van der Waals surface area contributed by atoms with Gasteiger partial charge in [-0.15, -0.1) is 11.8 Å². The van der Waals surface area contributed by atoms with Gasteiger partial charge in [-0.05, 0) is 32.5 Å². The molecule has 0 aliphatic heterocycles. The van der Waals surface area contributed by atoms with E-state index in [-0.39, 0.29) is 6.04 Å². The Labute approximate surface area is 85.8 Å². The second-order valence-electron chi connectivity index (χ2n) is 3.15. The fraction of sp³-hybridized carbons (Fsp3) is 0.417. The minimum absolute atomic E-state index is 0.288. The number of rotatable bonds is 3. The van der Waals surface area contributed by atoms with Crippen LogP contribution in [0.25, 0.3) is 0 Å². The molecule has 0 spiro atoms. The highest BCUT2D eigenvalue weighted by Gasteiger charge is 2.09. The maximum absolute atomic E-state index is 4.27. The van der Waals surface area contributed by atoms with E-state index in [2.05, 4.69) is 28.2 Å². The average Bonchev–Trinajstić information content (AvgIpc) is 2.21. The van der Waals surface area contributed by atoms with E-state index in [0.717, 1.165) is 12.1 Å². The number of pyridine rings is 1. The second-order valence-corrected chi connectivity index (χ2v) is 3.15. The van der Waals surface area contributed by atoms with Crippen LogP contribution in [0.3, 0.4) is 0 Å². The zero-order valence-corrected chi connectivity index (χ0v) is 8.96. The van der Waals surface area contributed by atoms with Crippen LogP contribution in [0.1, 0.15) is 30.6 Å². The summed E-state index contributed by atoms with van der Waals surface area (Å²) >= 11 is 0. The molecule has 14 heavy (non-hydrogen) atoms. The highest BCUT2D eigenvalue weighted by Crippen LogP contribution is 2.17. The first-order chi connectivity index (χ1) is 6.79. The van der Waals surface area contributed by atoms with Crippen LogP contribution in [-0.4, -0.2) is 12.0 Å². The summed E-state index contributed by atoms with van der Waals surface area (Å²) in [5, 5.41) is 3.25. The SMILES string of the molecule is CC#CCC(NC)c1cccnc1C. The predicted octanol–water partition coefficient (Wildman–Crippen LogP) is 2.06. The molecule has 1 aromatic rings. The summed E-state index contributed by atoms with van der Waals surface area (Å²) in [4.78, 5) is 4.27.